The zero-order valence-corrected chi connectivity index (χ0v) is 19.0. The fourth-order valence-electron chi connectivity index (χ4n) is 4.18. The normalized spacial score (nSPS) is 15.3. The average Bonchev–Trinajstić information content (AvgIpc) is 2.81. The van der Waals surface area contributed by atoms with Gasteiger partial charge in [0.1, 0.15) is 11.6 Å². The molecule has 2 aromatic heterocycles. The highest BCUT2D eigenvalue weighted by Gasteiger charge is 2.37. The van der Waals surface area contributed by atoms with Crippen LogP contribution in [-0.4, -0.2) is 39.4 Å². The summed E-state index contributed by atoms with van der Waals surface area (Å²) in [5, 5.41) is 6.39. The number of nitrogens with zero attached hydrogens (tertiary/aromatic N) is 3. The summed E-state index contributed by atoms with van der Waals surface area (Å²) in [4.78, 5) is 24.5. The summed E-state index contributed by atoms with van der Waals surface area (Å²) in [7, 11) is 0. The molecule has 3 heterocycles. The molecule has 1 fully saturated rings. The number of likely N-dealkylation sites (tertiary alicyclic amines) is 1. The number of pyridine rings is 2. The number of piperidine rings is 1. The van der Waals surface area contributed by atoms with Crippen molar-refractivity contribution in [2.24, 2.45) is 0 Å². The monoisotopic (exact) mass is 429 g/mol. The first-order valence-corrected chi connectivity index (χ1v) is 11.2. The van der Waals surface area contributed by atoms with E-state index in [4.69, 9.17) is 4.98 Å². The lowest BCUT2D eigenvalue weighted by atomic mass is 9.89. The molecule has 1 amide bonds. The molecule has 4 rings (SSSR count). The number of benzene rings is 1. The van der Waals surface area contributed by atoms with Gasteiger partial charge in [-0.2, -0.15) is 0 Å². The Kier molecular flexibility index (Phi) is 6.51. The number of aryl methyl sites for hydroxylation is 1. The van der Waals surface area contributed by atoms with E-state index in [0.717, 1.165) is 54.5 Å². The fraction of sp³-hybridized carbons (Fsp3) is 0.346. The average molecular weight is 430 g/mol. The van der Waals surface area contributed by atoms with Gasteiger partial charge in [-0.05, 0) is 82.6 Å². The zero-order valence-electron chi connectivity index (χ0n) is 19.0. The third-order valence-corrected chi connectivity index (χ3v) is 6.34. The fourth-order valence-corrected chi connectivity index (χ4v) is 4.18. The Morgan fingerprint density at radius 2 is 1.69 bits per heavy atom. The maximum Gasteiger partial charge on any atom is 0.244 e. The van der Waals surface area contributed by atoms with Crippen LogP contribution in [0.1, 0.15) is 43.9 Å². The number of hydrogen-bond acceptors (Lipinski definition) is 5. The molecule has 6 nitrogen and oxygen atoms in total. The minimum absolute atomic E-state index is 0.0323. The molecule has 1 aromatic carbocycles. The van der Waals surface area contributed by atoms with Crippen LogP contribution in [0.4, 0.5) is 17.3 Å². The van der Waals surface area contributed by atoms with E-state index in [0.29, 0.717) is 5.92 Å². The van der Waals surface area contributed by atoms with Gasteiger partial charge in [-0.25, -0.2) is 9.97 Å². The Labute approximate surface area is 190 Å². The van der Waals surface area contributed by atoms with E-state index >= 15 is 0 Å². The van der Waals surface area contributed by atoms with Gasteiger partial charge in [0.05, 0.1) is 5.54 Å². The first kappa shape index (κ1) is 22.0. The van der Waals surface area contributed by atoms with E-state index in [-0.39, 0.29) is 5.91 Å². The molecule has 0 bridgehead atoms. The molecule has 1 aliphatic heterocycles. The SMILES string of the molecule is Cc1ccccc1NC(=O)C(C)(C)N1CCC(c2cccc(Nc3ccccn3)n2)CC1. The number of aromatic nitrogens is 2. The summed E-state index contributed by atoms with van der Waals surface area (Å²) in [5.41, 5.74) is 2.46. The second-order valence-electron chi connectivity index (χ2n) is 8.88. The van der Waals surface area contributed by atoms with Crippen molar-refractivity contribution in [1.29, 1.82) is 0 Å². The highest BCUT2D eigenvalue weighted by Crippen LogP contribution is 2.31. The molecule has 0 unspecified atom stereocenters. The molecule has 6 heteroatoms. The predicted octanol–water partition coefficient (Wildman–Crippen LogP) is 5.13. The van der Waals surface area contributed by atoms with Gasteiger partial charge in [0.2, 0.25) is 5.91 Å². The largest absolute Gasteiger partial charge is 0.325 e. The highest BCUT2D eigenvalue weighted by atomic mass is 16.2. The number of rotatable bonds is 6. The topological polar surface area (TPSA) is 70.2 Å². The van der Waals surface area contributed by atoms with Crippen LogP contribution in [0.15, 0.2) is 66.9 Å². The number of amides is 1. The standard InChI is InChI=1S/C26H31N5O/c1-19-9-4-5-10-21(19)29-25(32)26(2,3)31-17-14-20(15-18-31)22-11-8-13-24(28-22)30-23-12-6-7-16-27-23/h4-13,16,20H,14-15,17-18H2,1-3H3,(H,29,32)(H,27,28,30). The van der Waals surface area contributed by atoms with Crippen molar-refractivity contribution in [3.05, 3.63) is 78.1 Å². The van der Waals surface area contributed by atoms with Crippen LogP contribution in [0.25, 0.3) is 0 Å². The van der Waals surface area contributed by atoms with E-state index < -0.39 is 5.54 Å². The van der Waals surface area contributed by atoms with Gasteiger partial charge in [0.15, 0.2) is 0 Å². The van der Waals surface area contributed by atoms with Gasteiger partial charge in [-0.15, -0.1) is 0 Å². The lowest BCUT2D eigenvalue weighted by molar-refractivity contribution is -0.127. The van der Waals surface area contributed by atoms with Crippen LogP contribution in [0.3, 0.4) is 0 Å². The Morgan fingerprint density at radius 1 is 0.969 bits per heavy atom. The summed E-state index contributed by atoms with van der Waals surface area (Å²) in [6, 6.07) is 19.8. The van der Waals surface area contributed by atoms with Crippen LogP contribution in [0.2, 0.25) is 0 Å². The molecule has 166 valence electrons. The van der Waals surface area contributed by atoms with Crippen molar-refractivity contribution in [2.75, 3.05) is 23.7 Å². The predicted molar refractivity (Wildman–Crippen MR) is 129 cm³/mol. The molecule has 2 N–H and O–H groups in total. The lowest BCUT2D eigenvalue weighted by Gasteiger charge is -2.41. The summed E-state index contributed by atoms with van der Waals surface area (Å²) < 4.78 is 0. The van der Waals surface area contributed by atoms with Crippen molar-refractivity contribution >= 4 is 23.2 Å². The molecule has 1 saturated heterocycles. The van der Waals surface area contributed by atoms with Crippen LogP contribution in [-0.2, 0) is 4.79 Å². The minimum atomic E-state index is -0.580. The van der Waals surface area contributed by atoms with Crippen LogP contribution in [0.5, 0.6) is 0 Å². The molecule has 0 radical (unpaired) electrons. The van der Waals surface area contributed by atoms with Gasteiger partial charge >= 0.3 is 0 Å². The van der Waals surface area contributed by atoms with Crippen molar-refractivity contribution in [2.45, 2.75) is 45.1 Å². The number of nitrogens with one attached hydrogen (secondary N) is 2. The van der Waals surface area contributed by atoms with E-state index in [9.17, 15) is 4.79 Å². The summed E-state index contributed by atoms with van der Waals surface area (Å²) >= 11 is 0. The summed E-state index contributed by atoms with van der Waals surface area (Å²) in [6.45, 7) is 7.75. The van der Waals surface area contributed by atoms with E-state index in [2.05, 4.69) is 26.6 Å². The van der Waals surface area contributed by atoms with Gasteiger partial charge in [0.25, 0.3) is 0 Å². The number of hydrogen-bond donors (Lipinski definition) is 2. The molecular weight excluding hydrogens is 398 g/mol. The number of para-hydroxylation sites is 1. The Morgan fingerprint density at radius 3 is 2.41 bits per heavy atom. The van der Waals surface area contributed by atoms with Crippen molar-refractivity contribution < 1.29 is 4.79 Å². The Hall–Kier alpha value is -3.25. The second-order valence-corrected chi connectivity index (χ2v) is 8.88. The van der Waals surface area contributed by atoms with Crippen molar-refractivity contribution in [3.63, 3.8) is 0 Å². The molecule has 1 aliphatic rings. The van der Waals surface area contributed by atoms with Gasteiger partial charge < -0.3 is 10.6 Å². The maximum atomic E-state index is 13.1. The number of anilines is 3. The Bertz CT molecular complexity index is 1060. The molecule has 32 heavy (non-hydrogen) atoms. The highest BCUT2D eigenvalue weighted by molar-refractivity contribution is 5.98. The molecule has 0 saturated carbocycles. The minimum Gasteiger partial charge on any atom is -0.325 e. The molecular formula is C26H31N5O. The first-order chi connectivity index (χ1) is 15.4. The zero-order chi connectivity index (χ0) is 22.6. The third-order valence-electron chi connectivity index (χ3n) is 6.34. The van der Waals surface area contributed by atoms with Crippen LogP contribution >= 0.6 is 0 Å². The van der Waals surface area contributed by atoms with Crippen molar-refractivity contribution in [3.8, 4) is 0 Å². The number of carbonyl (C=O) groups is 1. The lowest BCUT2D eigenvalue weighted by Crippen LogP contribution is -2.55. The smallest absolute Gasteiger partial charge is 0.244 e. The van der Waals surface area contributed by atoms with E-state index in [1.807, 2.05) is 75.4 Å². The molecule has 3 aromatic rings. The third kappa shape index (κ3) is 4.97. The summed E-state index contributed by atoms with van der Waals surface area (Å²) in [5.74, 6) is 2.01. The van der Waals surface area contributed by atoms with E-state index in [1.54, 1.807) is 6.20 Å². The van der Waals surface area contributed by atoms with Crippen LogP contribution in [0, 0.1) is 6.92 Å². The molecule has 0 aliphatic carbocycles. The van der Waals surface area contributed by atoms with Gasteiger partial charge in [0, 0.05) is 23.5 Å². The van der Waals surface area contributed by atoms with Gasteiger partial charge in [-0.1, -0.05) is 30.3 Å². The first-order valence-electron chi connectivity index (χ1n) is 11.2. The maximum absolute atomic E-state index is 13.1. The second kappa shape index (κ2) is 9.49. The van der Waals surface area contributed by atoms with Crippen molar-refractivity contribution in [1.82, 2.24) is 14.9 Å². The van der Waals surface area contributed by atoms with Gasteiger partial charge in [-0.3, -0.25) is 9.69 Å². The molecule has 0 spiro atoms. The Balaban J connectivity index is 1.38. The van der Waals surface area contributed by atoms with E-state index in [1.165, 1.54) is 0 Å². The molecule has 0 atom stereocenters. The quantitative estimate of drug-likeness (QED) is 0.569. The summed E-state index contributed by atoms with van der Waals surface area (Å²) in [6.07, 6.45) is 3.71. The number of carbonyl (C=O) groups excluding carboxylic acids is 1. The van der Waals surface area contributed by atoms with Crippen LogP contribution < -0.4 is 10.6 Å².